The summed E-state index contributed by atoms with van der Waals surface area (Å²) in [5.41, 5.74) is 0.710. The van der Waals surface area contributed by atoms with Gasteiger partial charge in [-0.2, -0.15) is 0 Å². The number of nitrogens with one attached hydrogen (secondary N) is 1. The first kappa shape index (κ1) is 17.6. The standard InChI is InChI=1S/C16H23NO3S/c1-12(2)21-14-9-6-5-8-13(14)16(20)17-11-7-3-4-10-15(18)19/h5-6,8-9,12H,3-4,7,10-11H2,1-2H3,(H,17,20)(H,18,19). The molecule has 2 N–H and O–H groups in total. The van der Waals surface area contributed by atoms with Crippen LogP contribution >= 0.6 is 11.8 Å². The zero-order chi connectivity index (χ0) is 15.7. The minimum atomic E-state index is -0.765. The molecular weight excluding hydrogens is 286 g/mol. The summed E-state index contributed by atoms with van der Waals surface area (Å²) in [6.45, 7) is 4.78. The van der Waals surface area contributed by atoms with E-state index in [-0.39, 0.29) is 12.3 Å². The quantitative estimate of drug-likeness (QED) is 0.540. The molecule has 0 saturated carbocycles. The number of rotatable bonds is 9. The molecule has 1 aromatic rings. The average molecular weight is 309 g/mol. The van der Waals surface area contributed by atoms with Crippen LogP contribution in [0.3, 0.4) is 0 Å². The summed E-state index contributed by atoms with van der Waals surface area (Å²) in [5, 5.41) is 11.9. The first-order valence-corrected chi connectivity index (χ1v) is 8.14. The molecule has 1 rings (SSSR count). The Bertz CT molecular complexity index is 474. The van der Waals surface area contributed by atoms with Gasteiger partial charge in [-0.3, -0.25) is 9.59 Å². The fourth-order valence-electron chi connectivity index (χ4n) is 1.89. The van der Waals surface area contributed by atoms with Gasteiger partial charge in [-0.15, -0.1) is 11.8 Å². The maximum Gasteiger partial charge on any atom is 0.303 e. The number of carbonyl (C=O) groups excluding carboxylic acids is 1. The molecular formula is C16H23NO3S. The lowest BCUT2D eigenvalue weighted by Crippen LogP contribution is -2.25. The van der Waals surface area contributed by atoms with Crippen molar-refractivity contribution in [3.63, 3.8) is 0 Å². The molecule has 0 unspecified atom stereocenters. The molecule has 116 valence electrons. The van der Waals surface area contributed by atoms with E-state index in [1.165, 1.54) is 0 Å². The Labute approximate surface area is 130 Å². The van der Waals surface area contributed by atoms with Crippen LogP contribution in [0.1, 0.15) is 49.9 Å². The van der Waals surface area contributed by atoms with E-state index >= 15 is 0 Å². The second-order valence-corrected chi connectivity index (χ2v) is 6.74. The van der Waals surface area contributed by atoms with Crippen molar-refractivity contribution in [3.8, 4) is 0 Å². The van der Waals surface area contributed by atoms with Gasteiger partial charge in [0.2, 0.25) is 0 Å². The van der Waals surface area contributed by atoms with Crippen LogP contribution < -0.4 is 5.32 Å². The molecule has 5 heteroatoms. The van der Waals surface area contributed by atoms with Gasteiger partial charge in [-0.25, -0.2) is 0 Å². The summed E-state index contributed by atoms with van der Waals surface area (Å²) in [4.78, 5) is 23.5. The van der Waals surface area contributed by atoms with Gasteiger partial charge in [0.15, 0.2) is 0 Å². The fourth-order valence-corrected chi connectivity index (χ4v) is 2.84. The summed E-state index contributed by atoms with van der Waals surface area (Å²) >= 11 is 1.68. The first-order valence-electron chi connectivity index (χ1n) is 7.26. The van der Waals surface area contributed by atoms with E-state index in [1.54, 1.807) is 11.8 Å². The maximum atomic E-state index is 12.2. The van der Waals surface area contributed by atoms with E-state index in [9.17, 15) is 9.59 Å². The van der Waals surface area contributed by atoms with Crippen LogP contribution in [0, 0.1) is 0 Å². The van der Waals surface area contributed by atoms with Crippen molar-refractivity contribution in [1.82, 2.24) is 5.32 Å². The van der Waals surface area contributed by atoms with Gasteiger partial charge < -0.3 is 10.4 Å². The van der Waals surface area contributed by atoms with Crippen molar-refractivity contribution in [2.45, 2.75) is 49.7 Å². The zero-order valence-electron chi connectivity index (χ0n) is 12.6. The third-order valence-corrected chi connectivity index (χ3v) is 3.93. The lowest BCUT2D eigenvalue weighted by molar-refractivity contribution is -0.137. The number of aliphatic carboxylic acids is 1. The van der Waals surface area contributed by atoms with Gasteiger partial charge in [-0.1, -0.05) is 32.4 Å². The van der Waals surface area contributed by atoms with E-state index < -0.39 is 5.97 Å². The molecule has 1 aromatic carbocycles. The monoisotopic (exact) mass is 309 g/mol. The smallest absolute Gasteiger partial charge is 0.303 e. The summed E-state index contributed by atoms with van der Waals surface area (Å²) in [5.74, 6) is -0.823. The third kappa shape index (κ3) is 7.18. The van der Waals surface area contributed by atoms with Gasteiger partial charge in [0.05, 0.1) is 5.56 Å². The minimum absolute atomic E-state index is 0.0583. The lowest BCUT2D eigenvalue weighted by Gasteiger charge is -2.11. The van der Waals surface area contributed by atoms with Crippen molar-refractivity contribution in [1.29, 1.82) is 0 Å². The van der Waals surface area contributed by atoms with Gasteiger partial charge in [0, 0.05) is 23.1 Å². The molecule has 0 aromatic heterocycles. The van der Waals surface area contributed by atoms with Crippen LogP contribution in [0.15, 0.2) is 29.2 Å². The molecule has 0 aliphatic carbocycles. The van der Waals surface area contributed by atoms with E-state index in [1.807, 2.05) is 24.3 Å². The van der Waals surface area contributed by atoms with Gasteiger partial charge >= 0.3 is 5.97 Å². The number of carboxylic acids is 1. The normalized spacial score (nSPS) is 10.6. The molecule has 0 radical (unpaired) electrons. The predicted octanol–water partition coefficient (Wildman–Crippen LogP) is 3.56. The van der Waals surface area contributed by atoms with E-state index in [2.05, 4.69) is 19.2 Å². The topological polar surface area (TPSA) is 66.4 Å². The number of thioether (sulfide) groups is 1. The summed E-state index contributed by atoms with van der Waals surface area (Å²) in [6.07, 6.45) is 2.47. The van der Waals surface area contributed by atoms with Crippen LogP contribution in [-0.2, 0) is 4.79 Å². The first-order chi connectivity index (χ1) is 10.0. The Hall–Kier alpha value is -1.49. The minimum Gasteiger partial charge on any atom is -0.481 e. The lowest BCUT2D eigenvalue weighted by atomic mass is 10.2. The highest BCUT2D eigenvalue weighted by molar-refractivity contribution is 8.00. The molecule has 0 fully saturated rings. The Kier molecular flexibility index (Phi) is 7.90. The number of carbonyl (C=O) groups is 2. The number of unbranched alkanes of at least 4 members (excludes halogenated alkanes) is 2. The summed E-state index contributed by atoms with van der Waals surface area (Å²) in [6, 6.07) is 7.61. The number of hydrogen-bond donors (Lipinski definition) is 2. The molecule has 1 amide bonds. The van der Waals surface area contributed by atoms with Crippen LogP contribution in [0.25, 0.3) is 0 Å². The Morgan fingerprint density at radius 2 is 1.90 bits per heavy atom. The molecule has 0 bridgehead atoms. The number of hydrogen-bond acceptors (Lipinski definition) is 3. The number of carboxylic acid groups (broad SMARTS) is 1. The van der Waals surface area contributed by atoms with E-state index in [4.69, 9.17) is 5.11 Å². The summed E-state index contributed by atoms with van der Waals surface area (Å²) < 4.78 is 0. The zero-order valence-corrected chi connectivity index (χ0v) is 13.4. The maximum absolute atomic E-state index is 12.2. The molecule has 0 heterocycles. The van der Waals surface area contributed by atoms with Crippen LogP contribution in [0.2, 0.25) is 0 Å². The highest BCUT2D eigenvalue weighted by Crippen LogP contribution is 2.26. The molecule has 0 spiro atoms. The van der Waals surface area contributed by atoms with Crippen molar-refractivity contribution in [2.24, 2.45) is 0 Å². The van der Waals surface area contributed by atoms with E-state index in [0.717, 1.165) is 17.7 Å². The summed E-state index contributed by atoms with van der Waals surface area (Å²) in [7, 11) is 0. The van der Waals surface area contributed by atoms with Gasteiger partial charge in [-0.05, 0) is 25.0 Å². The van der Waals surface area contributed by atoms with Gasteiger partial charge in [0.25, 0.3) is 5.91 Å². The molecule has 0 saturated heterocycles. The Balaban J connectivity index is 2.40. The highest BCUT2D eigenvalue weighted by Gasteiger charge is 2.11. The second kappa shape index (κ2) is 9.45. The van der Waals surface area contributed by atoms with Crippen molar-refractivity contribution in [3.05, 3.63) is 29.8 Å². The fraction of sp³-hybridized carbons (Fsp3) is 0.500. The Morgan fingerprint density at radius 3 is 2.57 bits per heavy atom. The van der Waals surface area contributed by atoms with Crippen molar-refractivity contribution < 1.29 is 14.7 Å². The van der Waals surface area contributed by atoms with E-state index in [0.29, 0.717) is 23.8 Å². The third-order valence-electron chi connectivity index (χ3n) is 2.85. The number of amides is 1. The predicted molar refractivity (Wildman–Crippen MR) is 85.9 cm³/mol. The van der Waals surface area contributed by atoms with Crippen LogP contribution in [-0.4, -0.2) is 28.8 Å². The Morgan fingerprint density at radius 1 is 1.19 bits per heavy atom. The van der Waals surface area contributed by atoms with Crippen LogP contribution in [0.5, 0.6) is 0 Å². The molecule has 0 aliphatic rings. The SMILES string of the molecule is CC(C)Sc1ccccc1C(=O)NCCCCCC(=O)O. The molecule has 0 aliphatic heterocycles. The average Bonchev–Trinajstić information content (AvgIpc) is 2.42. The highest BCUT2D eigenvalue weighted by atomic mass is 32.2. The molecule has 21 heavy (non-hydrogen) atoms. The van der Waals surface area contributed by atoms with Crippen molar-refractivity contribution >= 4 is 23.6 Å². The van der Waals surface area contributed by atoms with Crippen molar-refractivity contribution in [2.75, 3.05) is 6.54 Å². The van der Waals surface area contributed by atoms with Crippen LogP contribution in [0.4, 0.5) is 0 Å². The molecule has 4 nitrogen and oxygen atoms in total. The van der Waals surface area contributed by atoms with Gasteiger partial charge in [0.1, 0.15) is 0 Å². The second-order valence-electron chi connectivity index (χ2n) is 5.12. The largest absolute Gasteiger partial charge is 0.481 e. The number of benzene rings is 1. The molecule has 0 atom stereocenters.